The smallest absolute Gasteiger partial charge is 0.262 e. The minimum Gasteiger partial charge on any atom is -0.497 e. The number of nitrogens with one attached hydrogen (secondary N) is 1. The van der Waals surface area contributed by atoms with Gasteiger partial charge in [0.25, 0.3) is 5.91 Å². The average molecular weight is 385 g/mol. The third kappa shape index (κ3) is 4.56. The summed E-state index contributed by atoms with van der Waals surface area (Å²) in [5.74, 6) is 0.360. The summed E-state index contributed by atoms with van der Waals surface area (Å²) in [6.45, 7) is 4.33. The van der Waals surface area contributed by atoms with Gasteiger partial charge in [-0.2, -0.15) is 5.26 Å². The molecule has 29 heavy (non-hydrogen) atoms. The lowest BCUT2D eigenvalue weighted by molar-refractivity contribution is -0.117. The van der Waals surface area contributed by atoms with Crippen LogP contribution in [0, 0.1) is 25.2 Å². The van der Waals surface area contributed by atoms with Crippen LogP contribution in [0.5, 0.6) is 5.75 Å². The van der Waals surface area contributed by atoms with Gasteiger partial charge < -0.3 is 14.6 Å². The summed E-state index contributed by atoms with van der Waals surface area (Å²) in [7, 11) is 1.61. The van der Waals surface area contributed by atoms with Gasteiger partial charge in [-0.1, -0.05) is 30.3 Å². The Kier molecular flexibility index (Phi) is 6.16. The zero-order chi connectivity index (χ0) is 20.8. The normalized spacial score (nSPS) is 11.0. The van der Waals surface area contributed by atoms with Gasteiger partial charge in [-0.15, -0.1) is 0 Å². The van der Waals surface area contributed by atoms with Gasteiger partial charge in [-0.25, -0.2) is 0 Å². The fourth-order valence-electron chi connectivity index (χ4n) is 3.23. The maximum atomic E-state index is 12.5. The van der Waals surface area contributed by atoms with Crippen LogP contribution >= 0.6 is 0 Å². The first-order valence-corrected chi connectivity index (χ1v) is 9.30. The highest BCUT2D eigenvalue weighted by Crippen LogP contribution is 2.22. The van der Waals surface area contributed by atoms with E-state index >= 15 is 0 Å². The summed E-state index contributed by atoms with van der Waals surface area (Å²) in [5, 5.41) is 12.3. The highest BCUT2D eigenvalue weighted by Gasteiger charge is 2.13. The van der Waals surface area contributed by atoms with Gasteiger partial charge in [0.05, 0.1) is 7.11 Å². The maximum Gasteiger partial charge on any atom is 0.262 e. The molecule has 1 amide bonds. The number of rotatable bonds is 6. The van der Waals surface area contributed by atoms with Gasteiger partial charge >= 0.3 is 0 Å². The number of carbonyl (C=O) groups is 1. The number of methoxy groups -OCH3 is 1. The van der Waals surface area contributed by atoms with E-state index in [0.29, 0.717) is 6.54 Å². The standard InChI is InChI=1S/C24H23N3O2/c1-17-13-20(18(2)27(17)22-7-5-4-6-8-22)14-21(15-25)24(28)26-16-19-9-11-23(29-3)12-10-19/h4-14H,16H2,1-3H3,(H,26,28)/b21-14+. The zero-order valence-electron chi connectivity index (χ0n) is 16.8. The first-order chi connectivity index (χ1) is 14.0. The van der Waals surface area contributed by atoms with Gasteiger partial charge in [0.15, 0.2) is 0 Å². The summed E-state index contributed by atoms with van der Waals surface area (Å²) in [5.41, 5.74) is 4.91. The molecule has 3 rings (SSSR count). The Hall–Kier alpha value is -3.78. The Bertz CT molecular complexity index is 1070. The Morgan fingerprint density at radius 2 is 1.83 bits per heavy atom. The second kappa shape index (κ2) is 8.94. The molecule has 0 atom stereocenters. The molecule has 0 radical (unpaired) electrons. The molecular formula is C24H23N3O2. The van der Waals surface area contributed by atoms with E-state index in [1.807, 2.05) is 80.6 Å². The van der Waals surface area contributed by atoms with Crippen LogP contribution in [0.2, 0.25) is 0 Å². The SMILES string of the molecule is COc1ccc(CNC(=O)/C(C#N)=C/c2cc(C)n(-c3ccccc3)c2C)cc1. The molecule has 0 aliphatic heterocycles. The van der Waals surface area contributed by atoms with Crippen molar-refractivity contribution >= 4 is 12.0 Å². The maximum absolute atomic E-state index is 12.5. The largest absolute Gasteiger partial charge is 0.497 e. The van der Waals surface area contributed by atoms with E-state index in [1.165, 1.54) is 0 Å². The van der Waals surface area contributed by atoms with Crippen molar-refractivity contribution in [1.82, 2.24) is 9.88 Å². The summed E-state index contributed by atoms with van der Waals surface area (Å²) in [6, 6.07) is 21.4. The molecule has 0 spiro atoms. The van der Waals surface area contributed by atoms with Crippen molar-refractivity contribution in [3.8, 4) is 17.5 Å². The molecule has 5 nitrogen and oxygen atoms in total. The fraction of sp³-hybridized carbons (Fsp3) is 0.167. The Morgan fingerprint density at radius 3 is 2.45 bits per heavy atom. The van der Waals surface area contributed by atoms with Crippen molar-refractivity contribution in [2.24, 2.45) is 0 Å². The van der Waals surface area contributed by atoms with Crippen molar-refractivity contribution in [3.63, 3.8) is 0 Å². The molecule has 0 aliphatic rings. The van der Waals surface area contributed by atoms with Crippen LogP contribution in [-0.4, -0.2) is 17.6 Å². The topological polar surface area (TPSA) is 67.0 Å². The lowest BCUT2D eigenvalue weighted by Crippen LogP contribution is -2.23. The lowest BCUT2D eigenvalue weighted by Gasteiger charge is -2.09. The summed E-state index contributed by atoms with van der Waals surface area (Å²) in [6.07, 6.45) is 1.64. The quantitative estimate of drug-likeness (QED) is 0.507. The number of amides is 1. The van der Waals surface area contributed by atoms with Gasteiger partial charge in [0, 0.05) is 23.6 Å². The Morgan fingerprint density at radius 1 is 1.14 bits per heavy atom. The molecule has 0 unspecified atom stereocenters. The number of carbonyl (C=O) groups excluding carboxylic acids is 1. The number of aromatic nitrogens is 1. The van der Waals surface area contributed by atoms with Gasteiger partial charge in [-0.05, 0) is 61.4 Å². The number of aryl methyl sites for hydroxylation is 1. The van der Waals surface area contributed by atoms with Crippen LogP contribution in [0.15, 0.2) is 66.2 Å². The van der Waals surface area contributed by atoms with Crippen molar-refractivity contribution in [2.75, 3.05) is 7.11 Å². The number of hydrogen-bond acceptors (Lipinski definition) is 3. The molecule has 0 saturated carbocycles. The Labute approximate surface area is 170 Å². The van der Waals surface area contributed by atoms with E-state index in [2.05, 4.69) is 9.88 Å². The second-order valence-corrected chi connectivity index (χ2v) is 6.70. The molecule has 0 bridgehead atoms. The molecule has 5 heteroatoms. The van der Waals surface area contributed by atoms with Gasteiger partial charge in [0.2, 0.25) is 0 Å². The third-order valence-corrected chi connectivity index (χ3v) is 4.76. The van der Waals surface area contributed by atoms with Crippen LogP contribution < -0.4 is 10.1 Å². The van der Waals surface area contributed by atoms with Crippen LogP contribution in [0.25, 0.3) is 11.8 Å². The molecule has 0 aliphatic carbocycles. The average Bonchev–Trinajstić information content (AvgIpc) is 3.04. The van der Waals surface area contributed by atoms with E-state index in [-0.39, 0.29) is 5.57 Å². The highest BCUT2D eigenvalue weighted by molar-refractivity contribution is 6.01. The monoisotopic (exact) mass is 385 g/mol. The minimum absolute atomic E-state index is 0.0758. The molecule has 0 saturated heterocycles. The summed E-state index contributed by atoms with van der Waals surface area (Å²) >= 11 is 0. The predicted octanol–water partition coefficient (Wildman–Crippen LogP) is 4.33. The van der Waals surface area contributed by atoms with Crippen LogP contribution in [0.4, 0.5) is 0 Å². The number of nitriles is 1. The summed E-state index contributed by atoms with van der Waals surface area (Å²) < 4.78 is 7.24. The van der Waals surface area contributed by atoms with Gasteiger partial charge in [-0.3, -0.25) is 4.79 Å². The molecule has 3 aromatic rings. The first-order valence-electron chi connectivity index (χ1n) is 9.30. The molecule has 0 fully saturated rings. The molecule has 146 valence electrons. The third-order valence-electron chi connectivity index (χ3n) is 4.76. The van der Waals surface area contributed by atoms with Crippen LogP contribution in [-0.2, 0) is 11.3 Å². The molecule has 1 aromatic heterocycles. The molecule has 1 N–H and O–H groups in total. The van der Waals surface area contributed by atoms with E-state index < -0.39 is 5.91 Å². The number of benzene rings is 2. The molecular weight excluding hydrogens is 362 g/mol. The lowest BCUT2D eigenvalue weighted by atomic mass is 10.1. The van der Waals surface area contributed by atoms with E-state index in [1.54, 1.807) is 13.2 Å². The predicted molar refractivity (Wildman–Crippen MR) is 114 cm³/mol. The van der Waals surface area contributed by atoms with Crippen molar-refractivity contribution in [3.05, 3.63) is 88.8 Å². The van der Waals surface area contributed by atoms with E-state index in [0.717, 1.165) is 34.0 Å². The van der Waals surface area contributed by atoms with E-state index in [4.69, 9.17) is 4.74 Å². The van der Waals surface area contributed by atoms with Crippen molar-refractivity contribution in [1.29, 1.82) is 5.26 Å². The fourth-order valence-corrected chi connectivity index (χ4v) is 3.23. The van der Waals surface area contributed by atoms with Crippen LogP contribution in [0.1, 0.15) is 22.5 Å². The number of nitrogens with zero attached hydrogens (tertiary/aromatic N) is 2. The second-order valence-electron chi connectivity index (χ2n) is 6.70. The molecule has 2 aromatic carbocycles. The van der Waals surface area contributed by atoms with Crippen molar-refractivity contribution < 1.29 is 9.53 Å². The zero-order valence-corrected chi connectivity index (χ0v) is 16.8. The summed E-state index contributed by atoms with van der Waals surface area (Å²) in [4.78, 5) is 12.5. The Balaban J connectivity index is 1.79. The first kappa shape index (κ1) is 20.0. The minimum atomic E-state index is -0.396. The van der Waals surface area contributed by atoms with Gasteiger partial charge in [0.1, 0.15) is 17.4 Å². The molecule has 1 heterocycles. The number of para-hydroxylation sites is 1. The number of hydrogen-bond donors (Lipinski definition) is 1. The van der Waals surface area contributed by atoms with E-state index in [9.17, 15) is 10.1 Å². The van der Waals surface area contributed by atoms with Crippen LogP contribution in [0.3, 0.4) is 0 Å². The number of ether oxygens (including phenoxy) is 1. The highest BCUT2D eigenvalue weighted by atomic mass is 16.5. The van der Waals surface area contributed by atoms with Crippen molar-refractivity contribution in [2.45, 2.75) is 20.4 Å².